The van der Waals surface area contributed by atoms with E-state index in [-0.39, 0.29) is 12.1 Å². The molecule has 1 saturated heterocycles. The van der Waals surface area contributed by atoms with Gasteiger partial charge in [0, 0.05) is 26.2 Å². The van der Waals surface area contributed by atoms with Crippen molar-refractivity contribution in [3.05, 3.63) is 0 Å². The van der Waals surface area contributed by atoms with Crippen LogP contribution in [0.4, 0.5) is 9.59 Å². The van der Waals surface area contributed by atoms with Crippen LogP contribution in [0.2, 0.25) is 0 Å². The zero-order valence-electron chi connectivity index (χ0n) is 9.74. The van der Waals surface area contributed by atoms with E-state index in [0.29, 0.717) is 19.1 Å². The number of hydrogen-bond donors (Lipinski definition) is 1. The number of rotatable bonds is 1. The molecule has 2 aliphatic rings. The summed E-state index contributed by atoms with van der Waals surface area (Å²) in [5.41, 5.74) is 0. The van der Waals surface area contributed by atoms with Crippen LogP contribution in [0.5, 0.6) is 0 Å². The molecule has 0 aromatic heterocycles. The maximum absolute atomic E-state index is 12.0. The molecule has 0 aromatic rings. The summed E-state index contributed by atoms with van der Waals surface area (Å²) in [7, 11) is 1.55. The number of nitrogens with zero attached hydrogens (tertiary/aromatic N) is 2. The van der Waals surface area contributed by atoms with Crippen LogP contribution in [0.3, 0.4) is 0 Å². The van der Waals surface area contributed by atoms with Crippen molar-refractivity contribution >= 4 is 12.1 Å². The highest BCUT2D eigenvalue weighted by Crippen LogP contribution is 2.25. The minimum absolute atomic E-state index is 0.119. The maximum atomic E-state index is 12.0. The summed E-state index contributed by atoms with van der Waals surface area (Å²) in [5.74, 6) is 0. The molecule has 1 N–H and O–H groups in total. The topological polar surface area (TPSA) is 52.7 Å². The molecule has 1 aliphatic carbocycles. The highest BCUT2D eigenvalue weighted by atomic mass is 16.2. The molecule has 90 valence electrons. The third-order valence-electron chi connectivity index (χ3n) is 3.52. The molecule has 1 heterocycles. The third-order valence-corrected chi connectivity index (χ3v) is 3.52. The van der Waals surface area contributed by atoms with Gasteiger partial charge in [0.2, 0.25) is 0 Å². The van der Waals surface area contributed by atoms with Crippen LogP contribution in [0.15, 0.2) is 0 Å². The Hall–Kier alpha value is -1.26. The van der Waals surface area contributed by atoms with Crippen LogP contribution in [0, 0.1) is 0 Å². The van der Waals surface area contributed by atoms with E-state index >= 15 is 0 Å². The van der Waals surface area contributed by atoms with E-state index in [0.717, 1.165) is 12.8 Å². The molecular weight excluding hydrogens is 206 g/mol. The molecule has 1 saturated carbocycles. The van der Waals surface area contributed by atoms with E-state index in [9.17, 15) is 9.59 Å². The Bertz CT molecular complexity index is 287. The average molecular weight is 225 g/mol. The number of carbonyl (C=O) groups is 2. The van der Waals surface area contributed by atoms with E-state index in [1.165, 1.54) is 24.2 Å². The fraction of sp³-hybridized carbons (Fsp3) is 0.818. The van der Waals surface area contributed by atoms with Gasteiger partial charge in [-0.15, -0.1) is 0 Å². The van der Waals surface area contributed by atoms with Gasteiger partial charge in [0.15, 0.2) is 0 Å². The molecule has 0 aromatic carbocycles. The van der Waals surface area contributed by atoms with Crippen LogP contribution < -0.4 is 5.32 Å². The molecule has 4 amide bonds. The fourth-order valence-corrected chi connectivity index (χ4v) is 2.61. The second-order valence-corrected chi connectivity index (χ2v) is 4.47. The quantitative estimate of drug-likeness (QED) is 0.733. The number of hydrogen-bond acceptors (Lipinski definition) is 2. The summed E-state index contributed by atoms with van der Waals surface area (Å²) in [6, 6.07) is -0.0505. The largest absolute Gasteiger partial charge is 0.341 e. The lowest BCUT2D eigenvalue weighted by molar-refractivity contribution is 0.163. The van der Waals surface area contributed by atoms with Crippen LogP contribution in [0.25, 0.3) is 0 Å². The van der Waals surface area contributed by atoms with Gasteiger partial charge in [0.25, 0.3) is 0 Å². The van der Waals surface area contributed by atoms with Gasteiger partial charge in [-0.1, -0.05) is 19.3 Å². The van der Waals surface area contributed by atoms with Crippen molar-refractivity contribution in [1.82, 2.24) is 15.1 Å². The number of urea groups is 2. The molecule has 5 nitrogen and oxygen atoms in total. The first-order valence-corrected chi connectivity index (χ1v) is 6.04. The average Bonchev–Trinajstić information content (AvgIpc) is 2.71. The van der Waals surface area contributed by atoms with Crippen molar-refractivity contribution < 1.29 is 9.59 Å². The summed E-state index contributed by atoms with van der Waals surface area (Å²) >= 11 is 0. The smallest absolute Gasteiger partial charge is 0.328 e. The fourth-order valence-electron chi connectivity index (χ4n) is 2.61. The highest BCUT2D eigenvalue weighted by Gasteiger charge is 2.36. The number of carbonyl (C=O) groups excluding carboxylic acids is 2. The Balaban J connectivity index is 1.98. The van der Waals surface area contributed by atoms with Crippen LogP contribution in [-0.4, -0.2) is 48.0 Å². The Labute approximate surface area is 95.8 Å². The van der Waals surface area contributed by atoms with Gasteiger partial charge < -0.3 is 10.2 Å². The zero-order chi connectivity index (χ0) is 11.5. The van der Waals surface area contributed by atoms with Gasteiger partial charge in [-0.2, -0.15) is 0 Å². The van der Waals surface area contributed by atoms with Crippen molar-refractivity contribution in [2.45, 2.75) is 38.1 Å². The lowest BCUT2D eigenvalue weighted by Crippen LogP contribution is -2.44. The Kier molecular flexibility index (Phi) is 3.31. The number of imide groups is 1. The lowest BCUT2D eigenvalue weighted by atomic mass is 9.94. The van der Waals surface area contributed by atoms with Gasteiger partial charge in [-0.25, -0.2) is 14.5 Å². The molecule has 0 unspecified atom stereocenters. The molecule has 5 heteroatoms. The van der Waals surface area contributed by atoms with Crippen molar-refractivity contribution in [1.29, 1.82) is 0 Å². The normalized spacial score (nSPS) is 22.7. The minimum atomic E-state index is -0.289. The molecule has 2 rings (SSSR count). The van der Waals surface area contributed by atoms with Gasteiger partial charge in [0.05, 0.1) is 0 Å². The monoisotopic (exact) mass is 225 g/mol. The Morgan fingerprint density at radius 3 is 2.56 bits per heavy atom. The van der Waals surface area contributed by atoms with E-state index < -0.39 is 0 Å². The highest BCUT2D eigenvalue weighted by molar-refractivity contribution is 5.95. The number of amides is 4. The van der Waals surface area contributed by atoms with Crippen LogP contribution >= 0.6 is 0 Å². The third kappa shape index (κ3) is 1.99. The van der Waals surface area contributed by atoms with Gasteiger partial charge in [0.1, 0.15) is 0 Å². The van der Waals surface area contributed by atoms with Crippen LogP contribution in [0.1, 0.15) is 32.1 Å². The SMILES string of the molecule is CNC(=O)N1CCN(C2CCCCC2)C1=O. The molecular formula is C11H19N3O2. The summed E-state index contributed by atoms with van der Waals surface area (Å²) in [6.07, 6.45) is 5.86. The molecule has 0 spiro atoms. The first-order chi connectivity index (χ1) is 7.74. The molecule has 16 heavy (non-hydrogen) atoms. The summed E-state index contributed by atoms with van der Waals surface area (Å²) in [5, 5.41) is 2.50. The molecule has 0 bridgehead atoms. The van der Waals surface area contributed by atoms with E-state index in [1.54, 1.807) is 7.05 Å². The standard InChI is InChI=1S/C11H19N3O2/c1-12-10(15)14-8-7-13(11(14)16)9-5-3-2-4-6-9/h9H,2-8H2,1H3,(H,12,15). The lowest BCUT2D eigenvalue weighted by Gasteiger charge is -2.30. The molecule has 0 atom stereocenters. The Morgan fingerprint density at radius 1 is 1.25 bits per heavy atom. The summed E-state index contributed by atoms with van der Waals surface area (Å²) < 4.78 is 0. The Morgan fingerprint density at radius 2 is 1.94 bits per heavy atom. The molecule has 2 fully saturated rings. The predicted octanol–water partition coefficient (Wildman–Crippen LogP) is 1.40. The van der Waals surface area contributed by atoms with Gasteiger partial charge >= 0.3 is 12.1 Å². The van der Waals surface area contributed by atoms with E-state index in [2.05, 4.69) is 5.32 Å². The summed E-state index contributed by atoms with van der Waals surface area (Å²) in [6.45, 7) is 1.21. The second-order valence-electron chi connectivity index (χ2n) is 4.47. The predicted molar refractivity (Wildman–Crippen MR) is 60.1 cm³/mol. The van der Waals surface area contributed by atoms with Crippen molar-refractivity contribution in [3.8, 4) is 0 Å². The van der Waals surface area contributed by atoms with E-state index in [4.69, 9.17) is 0 Å². The van der Waals surface area contributed by atoms with Crippen molar-refractivity contribution in [2.75, 3.05) is 20.1 Å². The summed E-state index contributed by atoms with van der Waals surface area (Å²) in [4.78, 5) is 26.6. The molecule has 0 radical (unpaired) electrons. The first-order valence-electron chi connectivity index (χ1n) is 6.04. The first kappa shape index (κ1) is 11.2. The van der Waals surface area contributed by atoms with Crippen LogP contribution in [-0.2, 0) is 0 Å². The molecule has 1 aliphatic heterocycles. The minimum Gasteiger partial charge on any atom is -0.341 e. The number of nitrogens with one attached hydrogen (secondary N) is 1. The van der Waals surface area contributed by atoms with Crippen molar-refractivity contribution in [2.24, 2.45) is 0 Å². The van der Waals surface area contributed by atoms with Gasteiger partial charge in [-0.3, -0.25) is 0 Å². The van der Waals surface area contributed by atoms with Gasteiger partial charge in [-0.05, 0) is 12.8 Å². The van der Waals surface area contributed by atoms with Crippen molar-refractivity contribution in [3.63, 3.8) is 0 Å². The van der Waals surface area contributed by atoms with E-state index in [1.807, 2.05) is 4.90 Å². The second kappa shape index (κ2) is 4.72. The maximum Gasteiger partial charge on any atom is 0.328 e. The zero-order valence-corrected chi connectivity index (χ0v) is 9.74.